The van der Waals surface area contributed by atoms with Gasteiger partial charge in [-0.3, -0.25) is 4.99 Å². The van der Waals surface area contributed by atoms with E-state index in [2.05, 4.69) is 50.3 Å². The number of aryl methyl sites for hydroxylation is 2. The number of aromatic nitrogens is 1. The lowest BCUT2D eigenvalue weighted by atomic mass is 9.89. The van der Waals surface area contributed by atoms with Gasteiger partial charge in [-0.15, -0.1) is 35.3 Å². The Morgan fingerprint density at radius 3 is 2.89 bits per heavy atom. The van der Waals surface area contributed by atoms with Crippen LogP contribution in [0.25, 0.3) is 0 Å². The molecule has 1 aromatic heterocycles. The maximum atomic E-state index is 6.16. The number of halogens is 1. The minimum Gasteiger partial charge on any atom is -0.373 e. The van der Waals surface area contributed by atoms with E-state index in [1.807, 2.05) is 6.92 Å². The molecule has 1 aromatic carbocycles. The van der Waals surface area contributed by atoms with E-state index in [0.717, 1.165) is 55.6 Å². The molecule has 0 amide bonds. The Kier molecular flexibility index (Phi) is 10.2. The second-order valence-electron chi connectivity index (χ2n) is 6.84. The Bertz CT molecular complexity index is 750. The average molecular weight is 514 g/mol. The number of thiazole rings is 1. The first-order valence-electron chi connectivity index (χ1n) is 9.81. The van der Waals surface area contributed by atoms with Gasteiger partial charge in [0.15, 0.2) is 5.96 Å². The summed E-state index contributed by atoms with van der Waals surface area (Å²) >= 11 is 1.70. The van der Waals surface area contributed by atoms with Crippen LogP contribution >= 0.6 is 35.3 Å². The highest BCUT2D eigenvalue weighted by atomic mass is 127. The molecule has 7 heteroatoms. The largest absolute Gasteiger partial charge is 0.373 e. The molecule has 28 heavy (non-hydrogen) atoms. The van der Waals surface area contributed by atoms with Gasteiger partial charge < -0.3 is 15.4 Å². The van der Waals surface area contributed by atoms with Gasteiger partial charge in [-0.05, 0) is 43.7 Å². The molecule has 0 radical (unpaired) electrons. The fourth-order valence-corrected chi connectivity index (χ4v) is 4.09. The number of aliphatic imine (C=N–C) groups is 1. The average Bonchev–Trinajstić information content (AvgIpc) is 3.11. The first kappa shape index (κ1) is 23.1. The van der Waals surface area contributed by atoms with Crippen LogP contribution in [-0.4, -0.2) is 37.7 Å². The van der Waals surface area contributed by atoms with E-state index in [1.54, 1.807) is 18.4 Å². The van der Waals surface area contributed by atoms with E-state index < -0.39 is 0 Å². The van der Waals surface area contributed by atoms with Crippen molar-refractivity contribution < 1.29 is 4.74 Å². The van der Waals surface area contributed by atoms with Crippen molar-refractivity contribution in [3.8, 4) is 0 Å². The summed E-state index contributed by atoms with van der Waals surface area (Å²) < 4.78 is 6.16. The lowest BCUT2D eigenvalue weighted by Crippen LogP contribution is -2.39. The monoisotopic (exact) mass is 514 g/mol. The third kappa shape index (κ3) is 7.00. The van der Waals surface area contributed by atoms with Gasteiger partial charge in [0.1, 0.15) is 0 Å². The van der Waals surface area contributed by atoms with Crippen LogP contribution in [0.2, 0.25) is 0 Å². The summed E-state index contributed by atoms with van der Waals surface area (Å²) in [5.74, 6) is 0.838. The number of hydrogen-bond donors (Lipinski definition) is 2. The van der Waals surface area contributed by atoms with Crippen molar-refractivity contribution in [2.24, 2.45) is 4.99 Å². The molecule has 1 aliphatic carbocycles. The Labute approximate surface area is 189 Å². The second kappa shape index (κ2) is 12.4. The van der Waals surface area contributed by atoms with Gasteiger partial charge in [0, 0.05) is 38.5 Å². The smallest absolute Gasteiger partial charge is 0.190 e. The summed E-state index contributed by atoms with van der Waals surface area (Å²) in [5, 5.41) is 9.94. The van der Waals surface area contributed by atoms with Crippen molar-refractivity contribution in [3.05, 3.63) is 51.5 Å². The maximum Gasteiger partial charge on any atom is 0.190 e. The fourth-order valence-electron chi connectivity index (χ4n) is 3.44. The fraction of sp³-hybridized carbons (Fsp3) is 0.524. The molecular weight excluding hydrogens is 483 g/mol. The highest BCUT2D eigenvalue weighted by Crippen LogP contribution is 2.32. The zero-order valence-corrected chi connectivity index (χ0v) is 19.9. The molecule has 0 spiro atoms. The molecule has 0 saturated carbocycles. The molecule has 3 rings (SSSR count). The number of hydrogen-bond acceptors (Lipinski definition) is 4. The summed E-state index contributed by atoms with van der Waals surface area (Å²) in [5.41, 5.74) is 3.97. The Morgan fingerprint density at radius 2 is 2.11 bits per heavy atom. The van der Waals surface area contributed by atoms with Crippen molar-refractivity contribution in [2.75, 3.05) is 26.7 Å². The molecule has 154 valence electrons. The Hall–Kier alpha value is -1.19. The minimum atomic E-state index is 0. The number of nitrogens with zero attached hydrogens (tertiary/aromatic N) is 2. The van der Waals surface area contributed by atoms with Gasteiger partial charge in [0.25, 0.3) is 0 Å². The lowest BCUT2D eigenvalue weighted by molar-refractivity contribution is 0.0398. The van der Waals surface area contributed by atoms with Crippen LogP contribution < -0.4 is 10.6 Å². The van der Waals surface area contributed by atoms with Crippen LogP contribution in [0, 0.1) is 6.92 Å². The number of ether oxygens (including phenoxy) is 1. The number of guanidine groups is 1. The molecule has 0 fully saturated rings. The van der Waals surface area contributed by atoms with Crippen LogP contribution in [0.5, 0.6) is 0 Å². The van der Waals surface area contributed by atoms with Gasteiger partial charge in [-0.1, -0.05) is 24.3 Å². The Morgan fingerprint density at radius 1 is 1.29 bits per heavy atom. The number of rotatable bonds is 8. The van der Waals surface area contributed by atoms with Crippen molar-refractivity contribution in [1.29, 1.82) is 0 Å². The minimum absolute atomic E-state index is 0. The van der Waals surface area contributed by atoms with E-state index in [4.69, 9.17) is 4.74 Å². The maximum absolute atomic E-state index is 6.16. The Balaban J connectivity index is 0.00000280. The normalized spacial score (nSPS) is 16.2. The van der Waals surface area contributed by atoms with Gasteiger partial charge in [0.05, 0.1) is 16.8 Å². The van der Waals surface area contributed by atoms with Gasteiger partial charge in [-0.2, -0.15) is 0 Å². The summed E-state index contributed by atoms with van der Waals surface area (Å²) in [6, 6.07) is 8.69. The van der Waals surface area contributed by atoms with Crippen LogP contribution in [0.15, 0.2) is 34.6 Å². The van der Waals surface area contributed by atoms with Crippen LogP contribution in [0.4, 0.5) is 0 Å². The van der Waals surface area contributed by atoms with Crippen LogP contribution in [0.1, 0.15) is 47.2 Å². The third-order valence-electron chi connectivity index (χ3n) is 4.81. The van der Waals surface area contributed by atoms with Crippen molar-refractivity contribution in [3.63, 3.8) is 0 Å². The predicted octanol–water partition coefficient (Wildman–Crippen LogP) is 4.26. The molecule has 5 nitrogen and oxygen atoms in total. The van der Waals surface area contributed by atoms with E-state index in [1.165, 1.54) is 24.0 Å². The van der Waals surface area contributed by atoms with Gasteiger partial charge in [0.2, 0.25) is 0 Å². The van der Waals surface area contributed by atoms with Crippen molar-refractivity contribution in [2.45, 2.75) is 45.1 Å². The molecule has 1 aliphatic rings. The number of benzene rings is 1. The molecule has 1 heterocycles. The summed E-state index contributed by atoms with van der Waals surface area (Å²) in [6.07, 6.45) is 5.66. The highest BCUT2D eigenvalue weighted by Gasteiger charge is 2.19. The third-order valence-corrected chi connectivity index (χ3v) is 5.63. The predicted molar refractivity (Wildman–Crippen MR) is 128 cm³/mol. The zero-order chi connectivity index (χ0) is 18.9. The molecular formula is C21H31IN4OS. The number of nitrogens with one attached hydrogen (secondary N) is 2. The zero-order valence-electron chi connectivity index (χ0n) is 16.7. The quantitative estimate of drug-likeness (QED) is 0.239. The molecule has 0 aliphatic heterocycles. The molecule has 0 bridgehead atoms. The summed E-state index contributed by atoms with van der Waals surface area (Å²) in [4.78, 5) is 8.76. The molecule has 2 aromatic rings. The van der Waals surface area contributed by atoms with Crippen LogP contribution in [0.3, 0.4) is 0 Å². The summed E-state index contributed by atoms with van der Waals surface area (Å²) in [6.45, 7) is 4.49. The van der Waals surface area contributed by atoms with Gasteiger partial charge in [-0.25, -0.2) is 4.98 Å². The lowest BCUT2D eigenvalue weighted by Gasteiger charge is -2.25. The van der Waals surface area contributed by atoms with Crippen molar-refractivity contribution >= 4 is 41.3 Å². The van der Waals surface area contributed by atoms with Gasteiger partial charge >= 0.3 is 0 Å². The molecule has 1 atom stereocenters. The standard InChI is InChI=1S/C21H30N4OS.HI/c1-16-25-18(15-27-16)11-13-24-21(22-2)23-12-6-14-26-20-10-5-8-17-7-3-4-9-19(17)20;/h3-4,7,9,15,20H,5-6,8,10-14H2,1-2H3,(H2,22,23,24);1H. The van der Waals surface area contributed by atoms with E-state index >= 15 is 0 Å². The number of fused-ring (bicyclic) bond motifs is 1. The topological polar surface area (TPSA) is 58.5 Å². The molecule has 0 saturated heterocycles. The second-order valence-corrected chi connectivity index (χ2v) is 7.90. The SMILES string of the molecule is CN=C(NCCCOC1CCCc2ccccc21)NCCc1csc(C)n1.I. The van der Waals surface area contributed by atoms with E-state index in [0.29, 0.717) is 0 Å². The van der Waals surface area contributed by atoms with E-state index in [-0.39, 0.29) is 30.1 Å². The van der Waals surface area contributed by atoms with E-state index in [9.17, 15) is 0 Å². The molecule has 1 unspecified atom stereocenters. The highest BCUT2D eigenvalue weighted by molar-refractivity contribution is 14.0. The van der Waals surface area contributed by atoms with Crippen molar-refractivity contribution in [1.82, 2.24) is 15.6 Å². The first-order valence-corrected chi connectivity index (χ1v) is 10.7. The molecule has 2 N–H and O–H groups in total. The summed E-state index contributed by atoms with van der Waals surface area (Å²) in [7, 11) is 1.80. The first-order chi connectivity index (χ1) is 13.3. The van der Waals surface area contributed by atoms with Crippen LogP contribution in [-0.2, 0) is 17.6 Å².